The first kappa shape index (κ1) is 9.79. The first-order valence-corrected chi connectivity index (χ1v) is 4.80. The molecule has 0 saturated carbocycles. The van der Waals surface area contributed by atoms with Gasteiger partial charge in [0.25, 0.3) is 0 Å². The van der Waals surface area contributed by atoms with E-state index in [1.165, 1.54) is 5.56 Å². The first-order chi connectivity index (χ1) is 7.31. The third-order valence-electron chi connectivity index (χ3n) is 2.12. The summed E-state index contributed by atoms with van der Waals surface area (Å²) in [4.78, 5) is 0. The van der Waals surface area contributed by atoms with Gasteiger partial charge in [0, 0.05) is 0 Å². The van der Waals surface area contributed by atoms with Crippen molar-refractivity contribution in [3.05, 3.63) is 35.7 Å². The number of hydrogen-bond donors (Lipinski definition) is 1. The Balaban J connectivity index is 2.40. The Labute approximate surface area is 88.1 Å². The lowest BCUT2D eigenvalue weighted by Gasteiger charge is -2.04. The standard InChI is InChI=1S/C10H13N5/c1-8-4-3-5-9(6-8)15-10(7-11-2)12-13-14-15/h3-6,11H,7H2,1-2H3. The van der Waals surface area contributed by atoms with Gasteiger partial charge in [-0.1, -0.05) is 12.1 Å². The minimum absolute atomic E-state index is 0.654. The zero-order valence-corrected chi connectivity index (χ0v) is 8.81. The van der Waals surface area contributed by atoms with E-state index in [1.807, 2.05) is 32.2 Å². The average Bonchev–Trinajstić information content (AvgIpc) is 2.66. The fourth-order valence-electron chi connectivity index (χ4n) is 1.43. The highest BCUT2D eigenvalue weighted by Gasteiger charge is 2.06. The maximum atomic E-state index is 3.96. The third kappa shape index (κ3) is 2.02. The topological polar surface area (TPSA) is 55.6 Å². The fraction of sp³-hybridized carbons (Fsp3) is 0.300. The molecule has 0 aliphatic carbocycles. The van der Waals surface area contributed by atoms with Gasteiger partial charge in [-0.2, -0.15) is 4.68 Å². The molecule has 5 heteroatoms. The Morgan fingerprint density at radius 1 is 1.40 bits per heavy atom. The van der Waals surface area contributed by atoms with E-state index in [2.05, 4.69) is 26.9 Å². The molecule has 0 spiro atoms. The Hall–Kier alpha value is -1.75. The molecular weight excluding hydrogens is 190 g/mol. The highest BCUT2D eigenvalue weighted by Crippen LogP contribution is 2.09. The molecule has 5 nitrogen and oxygen atoms in total. The van der Waals surface area contributed by atoms with Crippen molar-refractivity contribution >= 4 is 0 Å². The number of rotatable bonds is 3. The van der Waals surface area contributed by atoms with E-state index < -0.39 is 0 Å². The summed E-state index contributed by atoms with van der Waals surface area (Å²) >= 11 is 0. The van der Waals surface area contributed by atoms with Gasteiger partial charge < -0.3 is 5.32 Å². The van der Waals surface area contributed by atoms with E-state index >= 15 is 0 Å². The smallest absolute Gasteiger partial charge is 0.170 e. The van der Waals surface area contributed by atoms with Crippen LogP contribution >= 0.6 is 0 Å². The minimum Gasteiger partial charge on any atom is -0.313 e. The fourth-order valence-corrected chi connectivity index (χ4v) is 1.43. The van der Waals surface area contributed by atoms with E-state index in [0.29, 0.717) is 6.54 Å². The highest BCUT2D eigenvalue weighted by atomic mass is 15.5. The zero-order chi connectivity index (χ0) is 10.7. The predicted molar refractivity (Wildman–Crippen MR) is 56.7 cm³/mol. The van der Waals surface area contributed by atoms with Gasteiger partial charge >= 0.3 is 0 Å². The molecule has 0 atom stereocenters. The van der Waals surface area contributed by atoms with Crippen molar-refractivity contribution in [1.82, 2.24) is 25.5 Å². The average molecular weight is 203 g/mol. The van der Waals surface area contributed by atoms with Crippen LogP contribution in [0.15, 0.2) is 24.3 Å². The Bertz CT molecular complexity index is 449. The molecular formula is C10H13N5. The van der Waals surface area contributed by atoms with Crippen molar-refractivity contribution < 1.29 is 0 Å². The summed E-state index contributed by atoms with van der Waals surface area (Å²) in [5.41, 5.74) is 2.18. The molecule has 0 aliphatic heterocycles. The van der Waals surface area contributed by atoms with Gasteiger partial charge in [-0.3, -0.25) is 0 Å². The number of benzene rings is 1. The molecule has 2 rings (SSSR count). The largest absolute Gasteiger partial charge is 0.313 e. The van der Waals surface area contributed by atoms with E-state index in [4.69, 9.17) is 0 Å². The van der Waals surface area contributed by atoms with Crippen LogP contribution in [0.1, 0.15) is 11.4 Å². The lowest BCUT2D eigenvalue weighted by molar-refractivity contribution is 0.708. The molecule has 0 radical (unpaired) electrons. The number of hydrogen-bond acceptors (Lipinski definition) is 4. The van der Waals surface area contributed by atoms with E-state index in [0.717, 1.165) is 11.5 Å². The molecule has 1 aromatic carbocycles. The zero-order valence-electron chi connectivity index (χ0n) is 8.81. The van der Waals surface area contributed by atoms with Crippen LogP contribution < -0.4 is 5.32 Å². The molecule has 0 unspecified atom stereocenters. The summed E-state index contributed by atoms with van der Waals surface area (Å²) < 4.78 is 1.74. The number of aryl methyl sites for hydroxylation is 1. The molecule has 1 N–H and O–H groups in total. The number of nitrogens with one attached hydrogen (secondary N) is 1. The quantitative estimate of drug-likeness (QED) is 0.797. The molecule has 0 bridgehead atoms. The Morgan fingerprint density at radius 2 is 2.27 bits per heavy atom. The number of nitrogens with zero attached hydrogens (tertiary/aromatic N) is 4. The van der Waals surface area contributed by atoms with Crippen molar-refractivity contribution in [2.45, 2.75) is 13.5 Å². The van der Waals surface area contributed by atoms with E-state index in [9.17, 15) is 0 Å². The molecule has 0 amide bonds. The van der Waals surface area contributed by atoms with Gasteiger partial charge in [0.2, 0.25) is 0 Å². The number of tetrazole rings is 1. The second-order valence-corrected chi connectivity index (χ2v) is 3.38. The van der Waals surface area contributed by atoms with Crippen LogP contribution in [0, 0.1) is 6.92 Å². The van der Waals surface area contributed by atoms with Crippen LogP contribution in [0.5, 0.6) is 0 Å². The van der Waals surface area contributed by atoms with Gasteiger partial charge in [-0.15, -0.1) is 5.10 Å². The summed E-state index contributed by atoms with van der Waals surface area (Å²) in [6.07, 6.45) is 0. The minimum atomic E-state index is 0.654. The van der Waals surface area contributed by atoms with Gasteiger partial charge in [-0.25, -0.2) is 0 Å². The van der Waals surface area contributed by atoms with Crippen LogP contribution in [0.3, 0.4) is 0 Å². The lowest BCUT2D eigenvalue weighted by Crippen LogP contribution is -2.12. The maximum Gasteiger partial charge on any atom is 0.170 e. The van der Waals surface area contributed by atoms with Crippen molar-refractivity contribution in [3.8, 4) is 5.69 Å². The molecule has 2 aromatic rings. The van der Waals surface area contributed by atoms with Gasteiger partial charge in [0.1, 0.15) is 0 Å². The molecule has 15 heavy (non-hydrogen) atoms. The van der Waals surface area contributed by atoms with Crippen LogP contribution in [-0.4, -0.2) is 27.3 Å². The van der Waals surface area contributed by atoms with Crippen LogP contribution in [0.4, 0.5) is 0 Å². The molecule has 0 saturated heterocycles. The monoisotopic (exact) mass is 203 g/mol. The van der Waals surface area contributed by atoms with Crippen LogP contribution in [0.25, 0.3) is 5.69 Å². The highest BCUT2D eigenvalue weighted by molar-refractivity contribution is 5.34. The second-order valence-electron chi connectivity index (χ2n) is 3.38. The summed E-state index contributed by atoms with van der Waals surface area (Å²) in [6, 6.07) is 8.08. The molecule has 1 heterocycles. The molecule has 1 aromatic heterocycles. The molecule has 78 valence electrons. The van der Waals surface area contributed by atoms with Crippen molar-refractivity contribution in [1.29, 1.82) is 0 Å². The number of aromatic nitrogens is 4. The lowest BCUT2D eigenvalue weighted by atomic mass is 10.2. The second kappa shape index (κ2) is 4.18. The summed E-state index contributed by atoms with van der Waals surface area (Å²) in [6.45, 7) is 2.70. The van der Waals surface area contributed by atoms with Gasteiger partial charge in [-0.05, 0) is 42.1 Å². The third-order valence-corrected chi connectivity index (χ3v) is 2.12. The van der Waals surface area contributed by atoms with Crippen molar-refractivity contribution in [3.63, 3.8) is 0 Å². The van der Waals surface area contributed by atoms with Crippen molar-refractivity contribution in [2.75, 3.05) is 7.05 Å². The predicted octanol–water partition coefficient (Wildman–Crippen LogP) is 0.690. The van der Waals surface area contributed by atoms with Crippen LogP contribution in [-0.2, 0) is 6.54 Å². The van der Waals surface area contributed by atoms with E-state index in [1.54, 1.807) is 4.68 Å². The summed E-state index contributed by atoms with van der Waals surface area (Å²) in [5.74, 6) is 0.808. The van der Waals surface area contributed by atoms with Gasteiger partial charge in [0.05, 0.1) is 12.2 Å². The molecule has 0 fully saturated rings. The SMILES string of the molecule is CNCc1nnnn1-c1cccc(C)c1. The van der Waals surface area contributed by atoms with Crippen molar-refractivity contribution in [2.24, 2.45) is 0 Å². The summed E-state index contributed by atoms with van der Waals surface area (Å²) in [7, 11) is 1.87. The maximum absolute atomic E-state index is 3.96. The normalized spacial score (nSPS) is 10.5. The first-order valence-electron chi connectivity index (χ1n) is 4.80. The Morgan fingerprint density at radius 3 is 3.00 bits per heavy atom. The van der Waals surface area contributed by atoms with E-state index in [-0.39, 0.29) is 0 Å². The Kier molecular flexibility index (Phi) is 2.73. The molecule has 0 aliphatic rings. The van der Waals surface area contributed by atoms with Crippen LogP contribution in [0.2, 0.25) is 0 Å². The van der Waals surface area contributed by atoms with Gasteiger partial charge in [0.15, 0.2) is 5.82 Å². The summed E-state index contributed by atoms with van der Waals surface area (Å²) in [5, 5.41) is 14.6.